The number of carbonyl (C=O) groups is 2. The van der Waals surface area contributed by atoms with Crippen LogP contribution in [0.2, 0.25) is 0 Å². The zero-order valence-electron chi connectivity index (χ0n) is 17.8. The Hall–Kier alpha value is -2.95. The Labute approximate surface area is 179 Å². The van der Waals surface area contributed by atoms with Crippen LogP contribution in [0.4, 0.5) is 0 Å². The molecule has 4 N–H and O–H groups in total. The predicted octanol–water partition coefficient (Wildman–Crippen LogP) is 1.55. The molecule has 0 spiro atoms. The fourth-order valence-electron chi connectivity index (χ4n) is 2.56. The average molecular weight is 432 g/mol. The Kier molecular flexibility index (Phi) is 11.1. The molecule has 3 aromatic rings. The van der Waals surface area contributed by atoms with Gasteiger partial charge in [-0.25, -0.2) is 4.98 Å². The molecule has 0 aliphatic carbocycles. The number of carbonyl (C=O) groups excluding carboxylic acids is 2. The average Bonchev–Trinajstić information content (AvgIpc) is 3.34. The van der Waals surface area contributed by atoms with Crippen LogP contribution in [0.25, 0.3) is 10.3 Å². The van der Waals surface area contributed by atoms with E-state index in [9.17, 15) is 9.59 Å². The summed E-state index contributed by atoms with van der Waals surface area (Å²) < 4.78 is 4.64. The number of aldehydes is 2. The number of aryl methyl sites for hydroxylation is 2. The highest BCUT2D eigenvalue weighted by molar-refractivity contribution is 7.16. The van der Waals surface area contributed by atoms with E-state index in [1.165, 1.54) is 18.4 Å². The molecule has 0 fully saturated rings. The van der Waals surface area contributed by atoms with Crippen molar-refractivity contribution in [2.24, 2.45) is 16.5 Å². The Balaban J connectivity index is 0.000000318. The molecule has 3 heterocycles. The van der Waals surface area contributed by atoms with E-state index in [1.807, 2.05) is 36.6 Å². The zero-order chi connectivity index (χ0) is 22.5. The van der Waals surface area contributed by atoms with Crippen molar-refractivity contribution in [2.45, 2.75) is 26.9 Å². The van der Waals surface area contributed by atoms with Crippen molar-refractivity contribution >= 4 is 34.3 Å². The van der Waals surface area contributed by atoms with Crippen molar-refractivity contribution in [3.8, 4) is 0 Å². The molecular formula is C20H29N7O2S. The Morgan fingerprint density at radius 1 is 1.20 bits per heavy atom. The second-order valence-corrected chi connectivity index (χ2v) is 6.79. The van der Waals surface area contributed by atoms with Gasteiger partial charge in [-0.05, 0) is 33.0 Å². The molecule has 0 aliphatic rings. The summed E-state index contributed by atoms with van der Waals surface area (Å²) in [6, 6.07) is 3.61. The quantitative estimate of drug-likeness (QED) is 0.449. The number of rotatable bonds is 6. The Morgan fingerprint density at radius 2 is 1.93 bits per heavy atom. The Bertz CT molecular complexity index is 1050. The number of pyridine rings is 1. The van der Waals surface area contributed by atoms with Gasteiger partial charge in [-0.2, -0.15) is 5.10 Å². The van der Waals surface area contributed by atoms with E-state index in [0.29, 0.717) is 24.3 Å². The molecule has 162 valence electrons. The molecule has 0 amide bonds. The van der Waals surface area contributed by atoms with Crippen molar-refractivity contribution in [1.82, 2.24) is 19.3 Å². The molecular weight excluding hydrogens is 402 g/mol. The zero-order valence-corrected chi connectivity index (χ0v) is 18.6. The van der Waals surface area contributed by atoms with Gasteiger partial charge in [0.2, 0.25) is 0 Å². The van der Waals surface area contributed by atoms with Crippen molar-refractivity contribution in [3.05, 3.63) is 52.2 Å². The van der Waals surface area contributed by atoms with Gasteiger partial charge in [0.15, 0.2) is 23.0 Å². The summed E-state index contributed by atoms with van der Waals surface area (Å²) in [5.41, 5.74) is 12.9. The summed E-state index contributed by atoms with van der Waals surface area (Å²) in [7, 11) is 3.24. The van der Waals surface area contributed by atoms with E-state index in [0.717, 1.165) is 40.0 Å². The van der Waals surface area contributed by atoms with E-state index in [1.54, 1.807) is 24.0 Å². The molecule has 3 aromatic heterocycles. The van der Waals surface area contributed by atoms with Crippen LogP contribution in [0.3, 0.4) is 0 Å². The number of allylic oxidation sites excluding steroid dienone is 1. The lowest BCUT2D eigenvalue weighted by Gasteiger charge is -1.99. The van der Waals surface area contributed by atoms with E-state index >= 15 is 0 Å². The fourth-order valence-corrected chi connectivity index (χ4v) is 3.57. The highest BCUT2D eigenvalue weighted by Gasteiger charge is 2.06. The molecule has 0 radical (unpaired) electrons. The summed E-state index contributed by atoms with van der Waals surface area (Å²) in [5, 5.41) is 4.09. The summed E-state index contributed by atoms with van der Waals surface area (Å²) in [6.07, 6.45) is 7.08. The molecule has 30 heavy (non-hydrogen) atoms. The number of hydrogen-bond donors (Lipinski definition) is 2. The maximum Gasteiger partial charge on any atom is 0.187 e. The van der Waals surface area contributed by atoms with Gasteiger partial charge in [-0.1, -0.05) is 23.5 Å². The maximum atomic E-state index is 10.7. The van der Waals surface area contributed by atoms with E-state index in [-0.39, 0.29) is 0 Å². The van der Waals surface area contributed by atoms with Crippen LogP contribution in [0.1, 0.15) is 33.5 Å². The molecule has 3 rings (SSSR count). The lowest BCUT2D eigenvalue weighted by molar-refractivity contribution is 0.111. The molecule has 0 aromatic carbocycles. The summed E-state index contributed by atoms with van der Waals surface area (Å²) in [4.78, 5) is 30.5. The van der Waals surface area contributed by atoms with Crippen molar-refractivity contribution < 1.29 is 9.59 Å². The third kappa shape index (κ3) is 6.55. The second-order valence-electron chi connectivity index (χ2n) is 5.78. The smallest absolute Gasteiger partial charge is 0.187 e. The minimum atomic E-state index is 0.518. The molecule has 0 atom stereocenters. The third-order valence-corrected chi connectivity index (χ3v) is 4.92. The fraction of sp³-hybridized carbons (Fsp3) is 0.350. The van der Waals surface area contributed by atoms with E-state index in [4.69, 9.17) is 5.73 Å². The first kappa shape index (κ1) is 25.1. The molecule has 0 saturated carbocycles. The minimum Gasteiger partial charge on any atom is -0.333 e. The predicted molar refractivity (Wildman–Crippen MR) is 121 cm³/mol. The second kappa shape index (κ2) is 13.3. The van der Waals surface area contributed by atoms with Crippen LogP contribution >= 0.6 is 11.3 Å². The first-order valence-corrected chi connectivity index (χ1v) is 10.2. The van der Waals surface area contributed by atoms with Gasteiger partial charge in [0.1, 0.15) is 5.69 Å². The number of nitrogens with two attached hydrogens (primary N) is 2. The number of thiazole rings is 1. The highest BCUT2D eigenvalue weighted by Crippen LogP contribution is 2.16. The molecule has 0 aliphatic heterocycles. The number of aromatic nitrogens is 4. The minimum absolute atomic E-state index is 0.518. The molecule has 10 heteroatoms. The monoisotopic (exact) mass is 431 g/mol. The van der Waals surface area contributed by atoms with Gasteiger partial charge >= 0.3 is 0 Å². The van der Waals surface area contributed by atoms with Crippen LogP contribution in [-0.2, 0) is 13.1 Å². The summed E-state index contributed by atoms with van der Waals surface area (Å²) in [6.45, 7) is 5.78. The first-order chi connectivity index (χ1) is 14.6. The molecule has 0 unspecified atom stereocenters. The van der Waals surface area contributed by atoms with Crippen molar-refractivity contribution in [3.63, 3.8) is 0 Å². The first-order valence-electron chi connectivity index (χ1n) is 9.37. The highest BCUT2D eigenvalue weighted by atomic mass is 32.1. The molecule has 0 saturated heterocycles. The van der Waals surface area contributed by atoms with Gasteiger partial charge in [0.05, 0.1) is 10.4 Å². The number of fused-ring (bicyclic) bond motifs is 1. The number of nitrogens with zero attached hydrogens (tertiary/aromatic N) is 5. The van der Waals surface area contributed by atoms with Crippen LogP contribution < -0.4 is 16.3 Å². The molecule has 0 bridgehead atoms. The standard InChI is InChI=1S/C12H14N4OS.C7H10N2O.CH5N/c1-14-12-16(5-3-2-4-13)11-10(18-12)6-9(8-17)7-15-11;1-3-9-7(5-10)4-6(2)8-9;1-2/h2-3,6-8H,4-5,13H2,1H3;4-5H,3H2,1-2H3;2H2,1H3/b3-2+,14-12?;;. The normalized spacial score (nSPS) is 11.1. The SMILES string of the molecule is CCn1nc(C)cc1C=O.CN.CN=c1sc2cc(C=O)cnc2n1C/C=C/CN. The van der Waals surface area contributed by atoms with Crippen molar-refractivity contribution in [1.29, 1.82) is 0 Å². The van der Waals surface area contributed by atoms with Gasteiger partial charge in [0.25, 0.3) is 0 Å². The summed E-state index contributed by atoms with van der Waals surface area (Å²) >= 11 is 1.52. The van der Waals surface area contributed by atoms with Gasteiger partial charge < -0.3 is 11.5 Å². The largest absolute Gasteiger partial charge is 0.333 e. The van der Waals surface area contributed by atoms with Crippen molar-refractivity contribution in [2.75, 3.05) is 20.6 Å². The van der Waals surface area contributed by atoms with Crippen LogP contribution in [0, 0.1) is 6.92 Å². The Morgan fingerprint density at radius 3 is 2.47 bits per heavy atom. The lowest BCUT2D eigenvalue weighted by Crippen LogP contribution is -2.14. The summed E-state index contributed by atoms with van der Waals surface area (Å²) in [5.74, 6) is 0. The van der Waals surface area contributed by atoms with E-state index in [2.05, 4.69) is 20.8 Å². The lowest BCUT2D eigenvalue weighted by atomic mass is 10.3. The van der Waals surface area contributed by atoms with Gasteiger partial charge in [0, 0.05) is 38.4 Å². The van der Waals surface area contributed by atoms with E-state index < -0.39 is 0 Å². The number of hydrogen-bond acceptors (Lipinski definition) is 8. The van der Waals surface area contributed by atoms with Crippen LogP contribution in [-0.4, -0.2) is 52.5 Å². The van der Waals surface area contributed by atoms with Gasteiger partial charge in [-0.15, -0.1) is 0 Å². The third-order valence-electron chi connectivity index (χ3n) is 3.81. The van der Waals surface area contributed by atoms with Crippen LogP contribution in [0.5, 0.6) is 0 Å². The van der Waals surface area contributed by atoms with Gasteiger partial charge in [-0.3, -0.25) is 23.8 Å². The topological polar surface area (TPSA) is 134 Å². The maximum absolute atomic E-state index is 10.7. The molecule has 9 nitrogen and oxygen atoms in total. The van der Waals surface area contributed by atoms with Crippen LogP contribution in [0.15, 0.2) is 35.5 Å².